The number of fused-ring (bicyclic) bond motifs is 1. The third-order valence-corrected chi connectivity index (χ3v) is 3.62. The fraction of sp³-hybridized carbons (Fsp3) is 0.188. The minimum absolute atomic E-state index is 0.304. The fourth-order valence-corrected chi connectivity index (χ4v) is 2.55. The maximum absolute atomic E-state index is 13.3. The van der Waals surface area contributed by atoms with E-state index in [-0.39, 0.29) is 5.82 Å². The first-order valence-corrected chi connectivity index (χ1v) is 6.39. The van der Waals surface area contributed by atoms with Gasteiger partial charge in [0.15, 0.2) is 0 Å². The summed E-state index contributed by atoms with van der Waals surface area (Å²) in [7, 11) is 1.64. The van der Waals surface area contributed by atoms with Crippen LogP contribution in [-0.4, -0.2) is 12.9 Å². The molecule has 2 aromatic rings. The number of rotatable bonds is 2. The summed E-state index contributed by atoms with van der Waals surface area (Å²) in [4.78, 5) is 1.87. The van der Waals surface area contributed by atoms with Gasteiger partial charge in [0, 0.05) is 11.3 Å². The van der Waals surface area contributed by atoms with Crippen molar-refractivity contribution >= 4 is 11.5 Å². The number of nitrogens with one attached hydrogen (secondary N) is 1. The van der Waals surface area contributed by atoms with Gasteiger partial charge in [0.05, 0.1) is 13.7 Å². The van der Waals surface area contributed by atoms with Gasteiger partial charge in [0.2, 0.25) is 0 Å². The van der Waals surface area contributed by atoms with Crippen molar-refractivity contribution < 1.29 is 9.13 Å². The van der Waals surface area contributed by atoms with Crippen molar-refractivity contribution in [3.05, 3.63) is 58.9 Å². The molecule has 0 aliphatic carbocycles. The van der Waals surface area contributed by atoms with Crippen LogP contribution in [0.3, 0.4) is 0 Å². The number of ether oxygens (including phenoxy) is 1. The summed E-state index contributed by atoms with van der Waals surface area (Å²) in [5.41, 5.74) is 3.58. The van der Waals surface area contributed by atoms with Crippen LogP contribution in [0.5, 0.6) is 5.75 Å². The second kappa shape index (κ2) is 4.63. The maximum atomic E-state index is 13.3. The number of nitrogens with zero attached hydrogens (tertiary/aromatic N) is 1. The first kappa shape index (κ1) is 12.7. The molecule has 3 rings (SSSR count). The summed E-state index contributed by atoms with van der Waals surface area (Å²) in [5, 5.41) is 8.22. The van der Waals surface area contributed by atoms with Crippen LogP contribution < -0.4 is 9.64 Å². The molecule has 0 saturated carbocycles. The Labute approximate surface area is 117 Å². The highest BCUT2D eigenvalue weighted by molar-refractivity contribution is 6.11. The van der Waals surface area contributed by atoms with E-state index >= 15 is 0 Å². The van der Waals surface area contributed by atoms with Crippen LogP contribution in [0.1, 0.15) is 16.7 Å². The Balaban J connectivity index is 1.98. The second-order valence-corrected chi connectivity index (χ2v) is 4.89. The highest BCUT2D eigenvalue weighted by atomic mass is 19.1. The lowest BCUT2D eigenvalue weighted by molar-refractivity contribution is 0.411. The molecule has 0 fully saturated rings. The Morgan fingerprint density at radius 3 is 2.70 bits per heavy atom. The maximum Gasteiger partial charge on any atom is 0.133 e. The third kappa shape index (κ3) is 1.93. The lowest BCUT2D eigenvalue weighted by atomic mass is 10.1. The average Bonchev–Trinajstić information content (AvgIpc) is 2.76. The van der Waals surface area contributed by atoms with Gasteiger partial charge in [0.1, 0.15) is 17.4 Å². The summed E-state index contributed by atoms with van der Waals surface area (Å²) in [6, 6.07) is 10.4. The number of amidine groups is 1. The molecular weight excluding hydrogens is 255 g/mol. The Hall–Kier alpha value is -2.36. The van der Waals surface area contributed by atoms with Crippen molar-refractivity contribution in [1.82, 2.24) is 0 Å². The van der Waals surface area contributed by atoms with E-state index in [2.05, 4.69) is 0 Å². The molecule has 2 aromatic carbocycles. The summed E-state index contributed by atoms with van der Waals surface area (Å²) in [6.45, 7) is 2.56. The monoisotopic (exact) mass is 270 g/mol. The second-order valence-electron chi connectivity index (χ2n) is 4.89. The zero-order valence-electron chi connectivity index (χ0n) is 11.4. The largest absolute Gasteiger partial charge is 0.496 e. The molecule has 0 atom stereocenters. The molecule has 4 heteroatoms. The normalized spacial score (nSPS) is 13.6. The van der Waals surface area contributed by atoms with Gasteiger partial charge in [-0.3, -0.25) is 5.41 Å². The van der Waals surface area contributed by atoms with Crippen molar-refractivity contribution in [3.63, 3.8) is 0 Å². The molecule has 0 saturated heterocycles. The van der Waals surface area contributed by atoms with E-state index in [4.69, 9.17) is 10.1 Å². The van der Waals surface area contributed by atoms with Gasteiger partial charge in [-0.1, -0.05) is 6.07 Å². The van der Waals surface area contributed by atoms with E-state index in [0.717, 1.165) is 22.6 Å². The van der Waals surface area contributed by atoms with Crippen molar-refractivity contribution in [1.29, 1.82) is 5.41 Å². The Bertz CT molecular complexity index is 697. The molecular formula is C16H15FN2O. The van der Waals surface area contributed by atoms with Crippen LogP contribution in [0, 0.1) is 18.2 Å². The van der Waals surface area contributed by atoms with Crippen molar-refractivity contribution in [2.75, 3.05) is 12.0 Å². The molecule has 1 aliphatic rings. The average molecular weight is 270 g/mol. The van der Waals surface area contributed by atoms with Gasteiger partial charge in [-0.15, -0.1) is 0 Å². The minimum Gasteiger partial charge on any atom is -0.496 e. The smallest absolute Gasteiger partial charge is 0.133 e. The van der Waals surface area contributed by atoms with Crippen molar-refractivity contribution in [2.45, 2.75) is 13.5 Å². The van der Waals surface area contributed by atoms with Crippen LogP contribution in [0.4, 0.5) is 10.1 Å². The SMILES string of the molecule is COc1ccc(N2Cc3ccc(F)cc3C2=N)cc1C. The molecule has 1 heterocycles. The van der Waals surface area contributed by atoms with Crippen LogP contribution >= 0.6 is 0 Å². The van der Waals surface area contributed by atoms with Crippen molar-refractivity contribution in [3.8, 4) is 5.75 Å². The number of aryl methyl sites for hydroxylation is 1. The molecule has 0 amide bonds. The van der Waals surface area contributed by atoms with E-state index in [1.807, 2.05) is 30.0 Å². The standard InChI is InChI=1S/C16H15FN2O/c1-10-7-13(5-6-15(10)20-2)19-9-11-3-4-12(17)8-14(11)16(19)18/h3-8,18H,9H2,1-2H3. The molecule has 0 bridgehead atoms. The Morgan fingerprint density at radius 2 is 2.00 bits per heavy atom. The minimum atomic E-state index is -0.304. The molecule has 1 N–H and O–H groups in total. The van der Waals surface area contributed by atoms with E-state index in [9.17, 15) is 4.39 Å². The fourth-order valence-electron chi connectivity index (χ4n) is 2.55. The molecule has 0 spiro atoms. The van der Waals surface area contributed by atoms with Crippen LogP contribution in [-0.2, 0) is 6.54 Å². The highest BCUT2D eigenvalue weighted by Gasteiger charge is 2.25. The topological polar surface area (TPSA) is 36.3 Å². The molecule has 102 valence electrons. The Kier molecular flexibility index (Phi) is 2.93. The highest BCUT2D eigenvalue weighted by Crippen LogP contribution is 2.31. The number of anilines is 1. The van der Waals surface area contributed by atoms with Crippen LogP contribution in [0.2, 0.25) is 0 Å². The van der Waals surface area contributed by atoms with E-state index < -0.39 is 0 Å². The number of halogens is 1. The number of hydrogen-bond donors (Lipinski definition) is 1. The van der Waals surface area contributed by atoms with Gasteiger partial charge in [0.25, 0.3) is 0 Å². The molecule has 0 radical (unpaired) electrons. The quantitative estimate of drug-likeness (QED) is 0.906. The first-order valence-electron chi connectivity index (χ1n) is 6.39. The summed E-state index contributed by atoms with van der Waals surface area (Å²) < 4.78 is 18.5. The predicted octanol–water partition coefficient (Wildman–Crippen LogP) is 3.49. The number of methoxy groups -OCH3 is 1. The van der Waals surface area contributed by atoms with Gasteiger partial charge >= 0.3 is 0 Å². The van der Waals surface area contributed by atoms with Crippen molar-refractivity contribution in [2.24, 2.45) is 0 Å². The number of hydrogen-bond acceptors (Lipinski definition) is 2. The summed E-state index contributed by atoms with van der Waals surface area (Å²) in [6.07, 6.45) is 0. The molecule has 1 aliphatic heterocycles. The Morgan fingerprint density at radius 1 is 1.20 bits per heavy atom. The van der Waals surface area contributed by atoms with Gasteiger partial charge in [-0.05, 0) is 48.4 Å². The van der Waals surface area contributed by atoms with Gasteiger partial charge in [-0.25, -0.2) is 4.39 Å². The summed E-state index contributed by atoms with van der Waals surface area (Å²) in [5.74, 6) is 0.855. The lowest BCUT2D eigenvalue weighted by Crippen LogP contribution is -2.23. The zero-order valence-corrected chi connectivity index (χ0v) is 11.4. The van der Waals surface area contributed by atoms with E-state index in [0.29, 0.717) is 17.9 Å². The van der Waals surface area contributed by atoms with Gasteiger partial charge in [-0.2, -0.15) is 0 Å². The van der Waals surface area contributed by atoms with E-state index in [1.165, 1.54) is 12.1 Å². The number of benzene rings is 2. The predicted molar refractivity (Wildman–Crippen MR) is 77.1 cm³/mol. The summed E-state index contributed by atoms with van der Waals surface area (Å²) >= 11 is 0. The zero-order chi connectivity index (χ0) is 14.3. The van der Waals surface area contributed by atoms with Crippen LogP contribution in [0.25, 0.3) is 0 Å². The van der Waals surface area contributed by atoms with E-state index in [1.54, 1.807) is 13.2 Å². The molecule has 3 nitrogen and oxygen atoms in total. The third-order valence-electron chi connectivity index (χ3n) is 3.62. The first-order chi connectivity index (χ1) is 9.60. The lowest BCUT2D eigenvalue weighted by Gasteiger charge is -2.19. The van der Waals surface area contributed by atoms with Gasteiger partial charge < -0.3 is 9.64 Å². The molecule has 0 unspecified atom stereocenters. The molecule has 20 heavy (non-hydrogen) atoms. The van der Waals surface area contributed by atoms with Crippen LogP contribution in [0.15, 0.2) is 36.4 Å². The molecule has 0 aromatic heterocycles.